The molecule has 4 aromatic rings. The summed E-state index contributed by atoms with van der Waals surface area (Å²) in [5.74, 6) is 0.725. The Morgan fingerprint density at radius 3 is 2.31 bits per heavy atom. The normalized spacial score (nSPS) is 14.8. The molecule has 1 fully saturated rings. The van der Waals surface area contributed by atoms with E-state index in [1.165, 1.54) is 0 Å². The minimum absolute atomic E-state index is 0.582. The van der Waals surface area contributed by atoms with Crippen LogP contribution in [0, 0.1) is 0 Å². The van der Waals surface area contributed by atoms with Gasteiger partial charge in [-0.1, -0.05) is 71.2 Å². The van der Waals surface area contributed by atoms with Gasteiger partial charge in [0.05, 0.1) is 11.9 Å². The molecule has 0 amide bonds. The summed E-state index contributed by atoms with van der Waals surface area (Å²) in [5.41, 5.74) is 4.54. The van der Waals surface area contributed by atoms with Crippen molar-refractivity contribution in [3.05, 3.63) is 88.0 Å². The maximum Gasteiger partial charge on any atom is 0.165 e. The average Bonchev–Trinajstić information content (AvgIpc) is 3.29. The first-order chi connectivity index (χ1) is 17.5. The van der Waals surface area contributed by atoms with Gasteiger partial charge in [-0.05, 0) is 37.4 Å². The summed E-state index contributed by atoms with van der Waals surface area (Å²) in [6.45, 7) is 5.73. The molecule has 0 N–H and O–H groups in total. The van der Waals surface area contributed by atoms with Crippen molar-refractivity contribution in [2.75, 3.05) is 46.4 Å². The molecule has 0 atom stereocenters. The van der Waals surface area contributed by atoms with E-state index in [0.29, 0.717) is 21.7 Å². The smallest absolute Gasteiger partial charge is 0.165 e. The quantitative estimate of drug-likeness (QED) is 0.258. The molecule has 0 bridgehead atoms. The maximum atomic E-state index is 6.59. The van der Waals surface area contributed by atoms with E-state index in [0.717, 1.165) is 66.5 Å². The number of ether oxygens (including phenoxy) is 1. The van der Waals surface area contributed by atoms with E-state index >= 15 is 0 Å². The van der Waals surface area contributed by atoms with Crippen LogP contribution < -0.4 is 4.74 Å². The minimum Gasteiger partial charge on any atom is -0.488 e. The number of aromatic nitrogens is 2. The Morgan fingerprint density at radius 2 is 1.56 bits per heavy atom. The lowest BCUT2D eigenvalue weighted by Gasteiger charge is -2.32. The van der Waals surface area contributed by atoms with Crippen LogP contribution in [0.1, 0.15) is 0 Å². The van der Waals surface area contributed by atoms with Crippen LogP contribution in [0.25, 0.3) is 28.1 Å². The number of likely N-dealkylation sites (N-methyl/N-ethyl adjacent to an activating group) is 1. The van der Waals surface area contributed by atoms with Crippen LogP contribution in [-0.2, 0) is 0 Å². The SMILES string of the molecule is CN1CCN(CCOc2cnn(-c3ccccc3-c3ccc(Cl)cc3Cl)c2-c2ccc(Cl)cc2)CC1. The molecule has 1 saturated heterocycles. The van der Waals surface area contributed by atoms with Crippen molar-refractivity contribution in [2.24, 2.45) is 0 Å². The molecule has 0 spiro atoms. The van der Waals surface area contributed by atoms with Crippen molar-refractivity contribution in [1.82, 2.24) is 19.6 Å². The van der Waals surface area contributed by atoms with Crippen molar-refractivity contribution >= 4 is 34.8 Å². The van der Waals surface area contributed by atoms with Crippen LogP contribution in [0.5, 0.6) is 5.75 Å². The van der Waals surface area contributed by atoms with E-state index in [9.17, 15) is 0 Å². The zero-order valence-corrected chi connectivity index (χ0v) is 22.3. The van der Waals surface area contributed by atoms with Gasteiger partial charge in [0.2, 0.25) is 0 Å². The Morgan fingerprint density at radius 1 is 0.833 bits per heavy atom. The van der Waals surface area contributed by atoms with Gasteiger partial charge in [-0.25, -0.2) is 4.68 Å². The predicted octanol–water partition coefficient (Wildman–Crippen LogP) is 6.79. The molecule has 3 aromatic carbocycles. The summed E-state index contributed by atoms with van der Waals surface area (Å²) in [7, 11) is 2.16. The highest BCUT2D eigenvalue weighted by Crippen LogP contribution is 2.38. The molecule has 0 saturated carbocycles. The number of para-hydroxylation sites is 1. The topological polar surface area (TPSA) is 33.5 Å². The first-order valence-corrected chi connectivity index (χ1v) is 13.1. The molecule has 36 heavy (non-hydrogen) atoms. The molecule has 5 rings (SSSR count). The number of hydrogen-bond acceptors (Lipinski definition) is 4. The van der Waals surface area contributed by atoms with Gasteiger partial charge in [0.1, 0.15) is 12.3 Å². The lowest BCUT2D eigenvalue weighted by molar-refractivity contribution is 0.134. The van der Waals surface area contributed by atoms with Gasteiger partial charge in [-0.3, -0.25) is 4.90 Å². The number of piperazine rings is 1. The van der Waals surface area contributed by atoms with E-state index in [-0.39, 0.29) is 0 Å². The molecule has 1 aromatic heterocycles. The van der Waals surface area contributed by atoms with Gasteiger partial charge < -0.3 is 9.64 Å². The third-order valence-corrected chi connectivity index (χ3v) is 7.27. The highest BCUT2D eigenvalue weighted by Gasteiger charge is 2.20. The highest BCUT2D eigenvalue weighted by molar-refractivity contribution is 6.36. The fourth-order valence-corrected chi connectivity index (χ4v) is 5.08. The summed E-state index contributed by atoms with van der Waals surface area (Å²) < 4.78 is 8.23. The second kappa shape index (κ2) is 11.2. The van der Waals surface area contributed by atoms with Crippen molar-refractivity contribution in [3.8, 4) is 33.8 Å². The van der Waals surface area contributed by atoms with Gasteiger partial charge >= 0.3 is 0 Å². The minimum atomic E-state index is 0.582. The van der Waals surface area contributed by atoms with Gasteiger partial charge in [0.25, 0.3) is 0 Å². The van der Waals surface area contributed by atoms with E-state index in [1.807, 2.05) is 65.3 Å². The average molecular weight is 542 g/mol. The Bertz CT molecular complexity index is 1330. The van der Waals surface area contributed by atoms with Gasteiger partial charge in [0.15, 0.2) is 5.75 Å². The lowest BCUT2D eigenvalue weighted by Crippen LogP contribution is -2.45. The standard InChI is InChI=1S/C28H27Cl3N4O/c1-33-12-14-34(15-13-33)16-17-36-27-19-32-35(28(27)20-6-8-21(29)9-7-20)26-5-3-2-4-24(26)23-11-10-22(30)18-25(23)31/h2-11,18-19H,12-17H2,1H3. The van der Waals surface area contributed by atoms with E-state index in [4.69, 9.17) is 44.6 Å². The molecule has 8 heteroatoms. The summed E-state index contributed by atoms with van der Waals surface area (Å²) in [4.78, 5) is 4.79. The van der Waals surface area contributed by atoms with Crippen molar-refractivity contribution < 1.29 is 4.74 Å². The monoisotopic (exact) mass is 540 g/mol. The van der Waals surface area contributed by atoms with Crippen LogP contribution in [0.3, 0.4) is 0 Å². The van der Waals surface area contributed by atoms with E-state index < -0.39 is 0 Å². The molecule has 1 aliphatic rings. The van der Waals surface area contributed by atoms with Gasteiger partial charge in [0, 0.05) is 64.5 Å². The number of hydrogen-bond donors (Lipinski definition) is 0. The Balaban J connectivity index is 1.51. The molecule has 0 unspecified atom stereocenters. The van der Waals surface area contributed by atoms with E-state index in [2.05, 4.69) is 16.8 Å². The molecular formula is C28H27Cl3N4O. The first-order valence-electron chi connectivity index (χ1n) is 11.9. The first kappa shape index (κ1) is 25.1. The Labute approximate surface area is 226 Å². The van der Waals surface area contributed by atoms with Crippen LogP contribution in [0.15, 0.2) is 72.9 Å². The van der Waals surface area contributed by atoms with E-state index in [1.54, 1.807) is 12.3 Å². The molecule has 5 nitrogen and oxygen atoms in total. The summed E-state index contributed by atoms with van der Waals surface area (Å²) >= 11 is 18.9. The molecule has 0 radical (unpaired) electrons. The number of rotatable bonds is 7. The second-order valence-electron chi connectivity index (χ2n) is 8.91. The molecular weight excluding hydrogens is 515 g/mol. The Hall–Kier alpha value is -2.54. The van der Waals surface area contributed by atoms with Crippen LogP contribution in [-0.4, -0.2) is 66.0 Å². The Kier molecular flexibility index (Phi) is 7.85. The zero-order chi connectivity index (χ0) is 25.1. The third kappa shape index (κ3) is 5.56. The highest BCUT2D eigenvalue weighted by atomic mass is 35.5. The van der Waals surface area contributed by atoms with Crippen molar-refractivity contribution in [1.29, 1.82) is 0 Å². The van der Waals surface area contributed by atoms with Crippen molar-refractivity contribution in [2.45, 2.75) is 0 Å². The number of benzene rings is 3. The van der Waals surface area contributed by atoms with Gasteiger partial charge in [-0.15, -0.1) is 0 Å². The number of halogens is 3. The molecule has 1 aliphatic heterocycles. The molecule has 186 valence electrons. The lowest BCUT2D eigenvalue weighted by atomic mass is 10.0. The van der Waals surface area contributed by atoms with Crippen LogP contribution in [0.4, 0.5) is 0 Å². The van der Waals surface area contributed by atoms with Crippen LogP contribution in [0.2, 0.25) is 15.1 Å². The summed E-state index contributed by atoms with van der Waals surface area (Å²) in [6.07, 6.45) is 1.79. The van der Waals surface area contributed by atoms with Crippen LogP contribution >= 0.6 is 34.8 Å². The maximum absolute atomic E-state index is 6.59. The fraction of sp³-hybridized carbons (Fsp3) is 0.250. The van der Waals surface area contributed by atoms with Gasteiger partial charge in [-0.2, -0.15) is 5.10 Å². The third-order valence-electron chi connectivity index (χ3n) is 6.47. The molecule has 0 aliphatic carbocycles. The fourth-order valence-electron chi connectivity index (χ4n) is 4.44. The number of nitrogens with zero attached hydrogens (tertiary/aromatic N) is 4. The predicted molar refractivity (Wildman–Crippen MR) is 149 cm³/mol. The molecule has 2 heterocycles. The second-order valence-corrected chi connectivity index (χ2v) is 10.2. The summed E-state index contributed by atoms with van der Waals surface area (Å²) in [6, 6.07) is 21.3. The largest absolute Gasteiger partial charge is 0.488 e. The van der Waals surface area contributed by atoms with Crippen molar-refractivity contribution in [3.63, 3.8) is 0 Å². The summed E-state index contributed by atoms with van der Waals surface area (Å²) in [5, 5.41) is 6.62. The zero-order valence-electron chi connectivity index (χ0n) is 20.0.